The molecule has 0 spiro atoms. The largest absolute Gasteiger partial charge is 0.378 e. The van der Waals surface area contributed by atoms with Crippen molar-refractivity contribution in [3.63, 3.8) is 0 Å². The van der Waals surface area contributed by atoms with E-state index in [9.17, 15) is 4.39 Å². The van der Waals surface area contributed by atoms with Crippen molar-refractivity contribution < 1.29 is 9.13 Å². The summed E-state index contributed by atoms with van der Waals surface area (Å²) in [5, 5.41) is 6.26. The predicted molar refractivity (Wildman–Crippen MR) is 104 cm³/mol. The summed E-state index contributed by atoms with van der Waals surface area (Å²) in [5.41, 5.74) is 2.37. The van der Waals surface area contributed by atoms with Crippen LogP contribution >= 0.6 is 0 Å². The fourth-order valence-corrected chi connectivity index (χ4v) is 2.97. The molecule has 27 heavy (non-hydrogen) atoms. The van der Waals surface area contributed by atoms with E-state index in [0.29, 0.717) is 30.7 Å². The number of hydrogen-bond acceptors (Lipinski definition) is 6. The summed E-state index contributed by atoms with van der Waals surface area (Å²) in [7, 11) is 0. The third-order valence-electron chi connectivity index (χ3n) is 4.29. The Morgan fingerprint density at radius 3 is 2.44 bits per heavy atom. The molecule has 3 aromatic rings. The van der Waals surface area contributed by atoms with Gasteiger partial charge in [0, 0.05) is 19.3 Å². The van der Waals surface area contributed by atoms with Gasteiger partial charge in [-0.05, 0) is 30.3 Å². The third-order valence-corrected chi connectivity index (χ3v) is 4.29. The van der Waals surface area contributed by atoms with E-state index in [1.807, 2.05) is 18.2 Å². The first-order valence-corrected chi connectivity index (χ1v) is 8.83. The fourth-order valence-electron chi connectivity index (χ4n) is 2.97. The van der Waals surface area contributed by atoms with Crippen molar-refractivity contribution in [2.24, 2.45) is 0 Å². The van der Waals surface area contributed by atoms with Crippen LogP contribution in [0.3, 0.4) is 0 Å². The first kappa shape index (κ1) is 17.2. The molecule has 0 atom stereocenters. The van der Waals surface area contributed by atoms with Gasteiger partial charge in [0.25, 0.3) is 0 Å². The number of hydrogen-bond donors (Lipinski definition) is 2. The van der Waals surface area contributed by atoms with Crippen molar-refractivity contribution in [3.05, 3.63) is 66.6 Å². The summed E-state index contributed by atoms with van der Waals surface area (Å²) < 4.78 is 19.3. The molecule has 1 aliphatic heterocycles. The quantitative estimate of drug-likeness (QED) is 0.714. The molecular weight excluding hydrogens is 345 g/mol. The molecule has 0 unspecified atom stereocenters. The van der Waals surface area contributed by atoms with Gasteiger partial charge < -0.3 is 20.3 Å². The molecule has 0 saturated carbocycles. The number of aromatic nitrogens is 2. The average molecular weight is 365 g/mol. The second-order valence-corrected chi connectivity index (χ2v) is 6.11. The van der Waals surface area contributed by atoms with E-state index in [1.54, 1.807) is 30.5 Å². The molecule has 4 rings (SSSR count). The van der Waals surface area contributed by atoms with Gasteiger partial charge in [-0.2, -0.15) is 4.98 Å². The van der Waals surface area contributed by atoms with E-state index < -0.39 is 0 Å². The van der Waals surface area contributed by atoms with Crippen LogP contribution in [0.25, 0.3) is 0 Å². The molecule has 6 nitrogen and oxygen atoms in total. The molecule has 138 valence electrons. The highest BCUT2D eigenvalue weighted by Crippen LogP contribution is 2.28. The highest BCUT2D eigenvalue weighted by atomic mass is 19.1. The molecule has 2 aromatic carbocycles. The molecule has 0 bridgehead atoms. The van der Waals surface area contributed by atoms with E-state index in [4.69, 9.17) is 4.74 Å². The molecule has 1 aliphatic rings. The maximum absolute atomic E-state index is 13.8. The van der Waals surface area contributed by atoms with Gasteiger partial charge in [-0.25, -0.2) is 9.37 Å². The minimum Gasteiger partial charge on any atom is -0.378 e. The van der Waals surface area contributed by atoms with E-state index in [1.165, 1.54) is 6.07 Å². The van der Waals surface area contributed by atoms with Gasteiger partial charge in [0.05, 0.1) is 30.3 Å². The summed E-state index contributed by atoms with van der Waals surface area (Å²) in [6.07, 6.45) is 1.63. The highest BCUT2D eigenvalue weighted by molar-refractivity contribution is 5.74. The lowest BCUT2D eigenvalue weighted by atomic mass is 10.2. The Balaban J connectivity index is 1.54. The maximum Gasteiger partial charge on any atom is 0.229 e. The first-order valence-electron chi connectivity index (χ1n) is 8.83. The smallest absolute Gasteiger partial charge is 0.229 e. The lowest BCUT2D eigenvalue weighted by molar-refractivity contribution is 0.123. The van der Waals surface area contributed by atoms with Gasteiger partial charge in [0.1, 0.15) is 11.6 Å². The Bertz CT molecular complexity index is 914. The number of halogens is 1. The standard InChI is InChI=1S/C20H20FN5O/c21-15-5-1-2-6-16(15)23-19-9-10-22-20(25-19)24-17-7-3-4-8-18(17)26-11-13-27-14-12-26/h1-10H,11-14H2,(H2,22,23,24,25). The average Bonchev–Trinajstić information content (AvgIpc) is 2.71. The van der Waals surface area contributed by atoms with Gasteiger partial charge in [0.15, 0.2) is 0 Å². The van der Waals surface area contributed by atoms with Crippen LogP contribution in [0.15, 0.2) is 60.8 Å². The van der Waals surface area contributed by atoms with Crippen LogP contribution in [0.1, 0.15) is 0 Å². The zero-order valence-electron chi connectivity index (χ0n) is 14.7. The summed E-state index contributed by atoms with van der Waals surface area (Å²) in [5.74, 6) is 0.627. The van der Waals surface area contributed by atoms with E-state index in [0.717, 1.165) is 24.5 Å². The van der Waals surface area contributed by atoms with Crippen LogP contribution in [0.2, 0.25) is 0 Å². The van der Waals surface area contributed by atoms with Crippen LogP contribution in [0.4, 0.5) is 33.2 Å². The Morgan fingerprint density at radius 1 is 0.889 bits per heavy atom. The lowest BCUT2D eigenvalue weighted by Crippen LogP contribution is -2.36. The fraction of sp³-hybridized carbons (Fsp3) is 0.200. The lowest BCUT2D eigenvalue weighted by Gasteiger charge is -2.30. The van der Waals surface area contributed by atoms with Crippen LogP contribution in [0, 0.1) is 5.82 Å². The molecular formula is C20H20FN5O. The van der Waals surface area contributed by atoms with Crippen molar-refractivity contribution >= 4 is 28.8 Å². The number of nitrogens with zero attached hydrogens (tertiary/aromatic N) is 3. The van der Waals surface area contributed by atoms with Gasteiger partial charge in [-0.3, -0.25) is 0 Å². The van der Waals surface area contributed by atoms with Crippen LogP contribution in [0.5, 0.6) is 0 Å². The molecule has 0 amide bonds. The van der Waals surface area contributed by atoms with Crippen LogP contribution < -0.4 is 15.5 Å². The van der Waals surface area contributed by atoms with Crippen LogP contribution in [-0.2, 0) is 4.74 Å². The molecule has 2 heterocycles. The van der Waals surface area contributed by atoms with E-state index >= 15 is 0 Å². The predicted octanol–water partition coefficient (Wildman–Crippen LogP) is 3.94. The second-order valence-electron chi connectivity index (χ2n) is 6.11. The van der Waals surface area contributed by atoms with Gasteiger partial charge >= 0.3 is 0 Å². The van der Waals surface area contributed by atoms with Crippen LogP contribution in [-0.4, -0.2) is 36.3 Å². The number of rotatable bonds is 5. The number of morpholine rings is 1. The second kappa shape index (κ2) is 8.01. The number of benzene rings is 2. The van der Waals surface area contributed by atoms with E-state index in [2.05, 4.69) is 31.6 Å². The summed E-state index contributed by atoms with van der Waals surface area (Å²) in [4.78, 5) is 11.0. The van der Waals surface area contributed by atoms with Gasteiger partial charge in [-0.15, -0.1) is 0 Å². The molecule has 1 saturated heterocycles. The van der Waals surface area contributed by atoms with E-state index in [-0.39, 0.29) is 5.82 Å². The molecule has 0 radical (unpaired) electrons. The van der Waals surface area contributed by atoms with Crippen molar-refractivity contribution in [1.82, 2.24) is 9.97 Å². The number of para-hydroxylation sites is 3. The normalized spacial score (nSPS) is 14.0. The monoisotopic (exact) mass is 365 g/mol. The summed E-state index contributed by atoms with van der Waals surface area (Å²) in [6, 6.07) is 16.2. The summed E-state index contributed by atoms with van der Waals surface area (Å²) >= 11 is 0. The highest BCUT2D eigenvalue weighted by Gasteiger charge is 2.15. The maximum atomic E-state index is 13.8. The number of ether oxygens (including phenoxy) is 1. The minimum atomic E-state index is -0.330. The zero-order valence-corrected chi connectivity index (χ0v) is 14.7. The number of nitrogens with one attached hydrogen (secondary N) is 2. The van der Waals surface area contributed by atoms with Gasteiger partial charge in [0.2, 0.25) is 5.95 Å². The Labute approximate surface area is 157 Å². The first-order chi connectivity index (χ1) is 13.3. The molecule has 0 aliphatic carbocycles. The van der Waals surface area contributed by atoms with Crippen molar-refractivity contribution in [1.29, 1.82) is 0 Å². The molecule has 7 heteroatoms. The Kier molecular flexibility index (Phi) is 5.11. The van der Waals surface area contributed by atoms with Crippen molar-refractivity contribution in [2.45, 2.75) is 0 Å². The Morgan fingerprint density at radius 2 is 1.63 bits per heavy atom. The Hall–Kier alpha value is -3.19. The van der Waals surface area contributed by atoms with Gasteiger partial charge in [-0.1, -0.05) is 24.3 Å². The summed E-state index contributed by atoms with van der Waals surface area (Å²) in [6.45, 7) is 3.11. The molecule has 1 aromatic heterocycles. The third kappa shape index (κ3) is 4.15. The molecule has 1 fully saturated rings. The molecule has 2 N–H and O–H groups in total. The number of anilines is 5. The topological polar surface area (TPSA) is 62.3 Å². The zero-order chi connectivity index (χ0) is 18.5. The SMILES string of the molecule is Fc1ccccc1Nc1ccnc(Nc2ccccc2N2CCOCC2)n1. The van der Waals surface area contributed by atoms with Crippen molar-refractivity contribution in [2.75, 3.05) is 41.8 Å². The van der Waals surface area contributed by atoms with Crippen molar-refractivity contribution in [3.8, 4) is 0 Å². The minimum absolute atomic E-state index is 0.330.